The quantitative estimate of drug-likeness (QED) is 0.709. The van der Waals surface area contributed by atoms with E-state index in [9.17, 15) is 0 Å². The van der Waals surface area contributed by atoms with Gasteiger partial charge >= 0.3 is 0 Å². The van der Waals surface area contributed by atoms with Crippen molar-refractivity contribution in [1.82, 2.24) is 0 Å². The van der Waals surface area contributed by atoms with Gasteiger partial charge in [0.25, 0.3) is 0 Å². The van der Waals surface area contributed by atoms with Crippen molar-refractivity contribution in [1.29, 1.82) is 0 Å². The Morgan fingerprint density at radius 2 is 1.79 bits per heavy atom. The molecule has 0 aliphatic carbocycles. The zero-order chi connectivity index (χ0) is 9.80. The standard InChI is InChI=1S/C12H17NO/c1-2-11-3-5-12(6-4-11)13-7-9-14-10-8-13/h3-6H,2,7-10H2,1H3. The SMILES string of the molecule is CCc1ccc(N2CCOCC2)cc1. The topological polar surface area (TPSA) is 12.5 Å². The van der Waals surface area contributed by atoms with Crippen LogP contribution >= 0.6 is 0 Å². The smallest absolute Gasteiger partial charge is 0.0642 e. The molecule has 2 heteroatoms. The minimum absolute atomic E-state index is 0.857. The van der Waals surface area contributed by atoms with E-state index in [1.54, 1.807) is 0 Å². The van der Waals surface area contributed by atoms with Crippen LogP contribution in [0.2, 0.25) is 0 Å². The van der Waals surface area contributed by atoms with Crippen molar-refractivity contribution in [2.24, 2.45) is 0 Å². The lowest BCUT2D eigenvalue weighted by atomic mass is 10.1. The fourth-order valence-electron chi connectivity index (χ4n) is 1.76. The zero-order valence-electron chi connectivity index (χ0n) is 8.70. The fraction of sp³-hybridized carbons (Fsp3) is 0.500. The van der Waals surface area contributed by atoms with Gasteiger partial charge in [0.15, 0.2) is 0 Å². The van der Waals surface area contributed by atoms with Crippen molar-refractivity contribution < 1.29 is 4.74 Å². The molecule has 0 atom stereocenters. The number of nitrogens with zero attached hydrogens (tertiary/aromatic N) is 1. The van der Waals surface area contributed by atoms with Crippen LogP contribution in [0.4, 0.5) is 5.69 Å². The molecule has 1 heterocycles. The molecule has 0 saturated carbocycles. The summed E-state index contributed by atoms with van der Waals surface area (Å²) in [5, 5.41) is 0. The Kier molecular flexibility index (Phi) is 3.04. The Morgan fingerprint density at radius 3 is 2.36 bits per heavy atom. The van der Waals surface area contributed by atoms with Crippen LogP contribution in [-0.2, 0) is 11.2 Å². The Labute approximate surface area is 85.5 Å². The second kappa shape index (κ2) is 4.47. The van der Waals surface area contributed by atoms with Crippen LogP contribution in [0.5, 0.6) is 0 Å². The van der Waals surface area contributed by atoms with Crippen LogP contribution in [0.3, 0.4) is 0 Å². The molecule has 2 nitrogen and oxygen atoms in total. The first-order valence-electron chi connectivity index (χ1n) is 5.32. The molecule has 0 bridgehead atoms. The van der Waals surface area contributed by atoms with E-state index in [4.69, 9.17) is 4.74 Å². The summed E-state index contributed by atoms with van der Waals surface area (Å²) in [5.74, 6) is 0. The van der Waals surface area contributed by atoms with Gasteiger partial charge in [0.2, 0.25) is 0 Å². The largest absolute Gasteiger partial charge is 0.378 e. The van der Waals surface area contributed by atoms with Gasteiger partial charge in [-0.25, -0.2) is 0 Å². The van der Waals surface area contributed by atoms with Crippen molar-refractivity contribution in [3.05, 3.63) is 29.8 Å². The van der Waals surface area contributed by atoms with Crippen LogP contribution in [0, 0.1) is 0 Å². The highest BCUT2D eigenvalue weighted by Gasteiger charge is 2.10. The van der Waals surface area contributed by atoms with E-state index < -0.39 is 0 Å². The summed E-state index contributed by atoms with van der Waals surface area (Å²) in [6.07, 6.45) is 1.11. The predicted octanol–water partition coefficient (Wildman–Crippen LogP) is 2.09. The molecule has 1 fully saturated rings. The summed E-state index contributed by atoms with van der Waals surface area (Å²) in [6, 6.07) is 8.85. The molecule has 0 spiro atoms. The summed E-state index contributed by atoms with van der Waals surface area (Å²) in [7, 11) is 0. The van der Waals surface area contributed by atoms with Gasteiger partial charge in [-0.2, -0.15) is 0 Å². The number of hydrogen-bond donors (Lipinski definition) is 0. The molecule has 14 heavy (non-hydrogen) atoms. The van der Waals surface area contributed by atoms with Crippen LogP contribution in [0.25, 0.3) is 0 Å². The molecule has 2 rings (SSSR count). The van der Waals surface area contributed by atoms with Crippen molar-refractivity contribution in [2.45, 2.75) is 13.3 Å². The summed E-state index contributed by atoms with van der Waals surface area (Å²) >= 11 is 0. The van der Waals surface area contributed by atoms with E-state index in [0.29, 0.717) is 0 Å². The molecular weight excluding hydrogens is 174 g/mol. The minimum atomic E-state index is 0.857. The van der Waals surface area contributed by atoms with E-state index in [1.807, 2.05) is 0 Å². The van der Waals surface area contributed by atoms with E-state index in [0.717, 1.165) is 32.7 Å². The van der Waals surface area contributed by atoms with Crippen LogP contribution in [0.15, 0.2) is 24.3 Å². The second-order valence-electron chi connectivity index (χ2n) is 3.62. The average molecular weight is 191 g/mol. The second-order valence-corrected chi connectivity index (χ2v) is 3.62. The molecule has 76 valence electrons. The van der Waals surface area contributed by atoms with Gasteiger partial charge in [-0.15, -0.1) is 0 Å². The number of hydrogen-bond acceptors (Lipinski definition) is 2. The summed E-state index contributed by atoms with van der Waals surface area (Å²) in [5.41, 5.74) is 2.73. The Hall–Kier alpha value is -1.02. The number of anilines is 1. The van der Waals surface area contributed by atoms with E-state index >= 15 is 0 Å². The Balaban J connectivity index is 2.07. The normalized spacial score (nSPS) is 17.1. The predicted molar refractivity (Wildman–Crippen MR) is 58.9 cm³/mol. The number of benzene rings is 1. The van der Waals surface area contributed by atoms with Gasteiger partial charge in [0, 0.05) is 18.8 Å². The van der Waals surface area contributed by atoms with Gasteiger partial charge in [-0.3, -0.25) is 0 Å². The summed E-state index contributed by atoms with van der Waals surface area (Å²) in [4.78, 5) is 2.38. The van der Waals surface area contributed by atoms with Crippen molar-refractivity contribution in [3.63, 3.8) is 0 Å². The van der Waals surface area contributed by atoms with Gasteiger partial charge in [0.05, 0.1) is 13.2 Å². The highest BCUT2D eigenvalue weighted by molar-refractivity contribution is 5.47. The first-order chi connectivity index (χ1) is 6.90. The lowest BCUT2D eigenvalue weighted by molar-refractivity contribution is 0.122. The molecule has 1 aromatic carbocycles. The number of rotatable bonds is 2. The first-order valence-corrected chi connectivity index (χ1v) is 5.32. The summed E-state index contributed by atoms with van der Waals surface area (Å²) in [6.45, 7) is 5.94. The molecule has 1 aliphatic heterocycles. The van der Waals surface area contributed by atoms with Crippen molar-refractivity contribution in [2.75, 3.05) is 31.2 Å². The molecule has 0 N–H and O–H groups in total. The molecular formula is C12H17NO. The highest BCUT2D eigenvalue weighted by Crippen LogP contribution is 2.16. The van der Waals surface area contributed by atoms with E-state index in [2.05, 4.69) is 36.1 Å². The molecule has 0 radical (unpaired) electrons. The van der Waals surface area contributed by atoms with E-state index in [-0.39, 0.29) is 0 Å². The van der Waals surface area contributed by atoms with Gasteiger partial charge in [0.1, 0.15) is 0 Å². The number of aryl methyl sites for hydroxylation is 1. The fourth-order valence-corrected chi connectivity index (χ4v) is 1.76. The molecule has 0 unspecified atom stereocenters. The third-order valence-corrected chi connectivity index (χ3v) is 2.72. The average Bonchev–Trinajstić information content (AvgIpc) is 2.30. The van der Waals surface area contributed by atoms with Crippen molar-refractivity contribution >= 4 is 5.69 Å². The third-order valence-electron chi connectivity index (χ3n) is 2.72. The first kappa shape index (κ1) is 9.53. The monoisotopic (exact) mass is 191 g/mol. The molecule has 1 aromatic rings. The molecule has 0 aromatic heterocycles. The van der Waals surface area contributed by atoms with Crippen LogP contribution < -0.4 is 4.90 Å². The van der Waals surface area contributed by atoms with Gasteiger partial charge in [-0.1, -0.05) is 19.1 Å². The van der Waals surface area contributed by atoms with E-state index in [1.165, 1.54) is 11.3 Å². The lowest BCUT2D eigenvalue weighted by Crippen LogP contribution is -2.36. The maximum atomic E-state index is 5.32. The lowest BCUT2D eigenvalue weighted by Gasteiger charge is -2.28. The summed E-state index contributed by atoms with van der Waals surface area (Å²) < 4.78 is 5.32. The zero-order valence-corrected chi connectivity index (χ0v) is 8.70. The van der Waals surface area contributed by atoms with Crippen LogP contribution in [-0.4, -0.2) is 26.3 Å². The number of morpholine rings is 1. The van der Waals surface area contributed by atoms with Gasteiger partial charge in [-0.05, 0) is 24.1 Å². The maximum absolute atomic E-state index is 5.32. The maximum Gasteiger partial charge on any atom is 0.0642 e. The molecule has 1 aliphatic rings. The Morgan fingerprint density at radius 1 is 1.14 bits per heavy atom. The van der Waals surface area contributed by atoms with Crippen LogP contribution in [0.1, 0.15) is 12.5 Å². The highest BCUT2D eigenvalue weighted by atomic mass is 16.5. The third kappa shape index (κ3) is 2.07. The van der Waals surface area contributed by atoms with Gasteiger partial charge < -0.3 is 9.64 Å². The minimum Gasteiger partial charge on any atom is -0.378 e. The molecule has 0 amide bonds. The van der Waals surface area contributed by atoms with Crippen molar-refractivity contribution in [3.8, 4) is 0 Å². The molecule has 1 saturated heterocycles. The number of ether oxygens (including phenoxy) is 1. The Bertz CT molecular complexity index is 275.